The fourth-order valence-corrected chi connectivity index (χ4v) is 11.7. The Morgan fingerprint density at radius 2 is 0.553 bits per heavy atom. The molecule has 0 aromatic rings. The third-order valence-corrected chi connectivity index (χ3v) is 17.6. The molecule has 0 bridgehead atoms. The summed E-state index contributed by atoms with van der Waals surface area (Å²) in [6.45, 7) is 4.64. The van der Waals surface area contributed by atoms with Crippen molar-refractivity contribution in [3.8, 4) is 0 Å². The van der Waals surface area contributed by atoms with Gasteiger partial charge in [-0.2, -0.15) is 0 Å². The van der Waals surface area contributed by atoms with Crippen molar-refractivity contribution in [3.05, 3.63) is 72.9 Å². The summed E-state index contributed by atoms with van der Waals surface area (Å²) >= 11 is 0. The Kier molecular flexibility index (Phi) is 65.5. The summed E-state index contributed by atoms with van der Waals surface area (Å²) in [7, 11) is -9.94. The second-order valence-electron chi connectivity index (χ2n) is 24.8. The average Bonchev–Trinajstić information content (AvgIpc) is 1.36. The molecular weight excluding hydrogens is 1230 g/mol. The molecule has 0 saturated heterocycles. The van der Waals surface area contributed by atoms with Gasteiger partial charge in [0.1, 0.15) is 19.3 Å². The lowest BCUT2D eigenvalue weighted by molar-refractivity contribution is -0.161. The number of rotatable bonds is 70. The molecule has 0 aliphatic heterocycles. The number of hydrogen-bond donors (Lipinski definition) is 3. The summed E-state index contributed by atoms with van der Waals surface area (Å²) in [5.41, 5.74) is 0. The van der Waals surface area contributed by atoms with Crippen LogP contribution < -0.4 is 0 Å². The number of phosphoric ester groups is 2. The second-order valence-corrected chi connectivity index (χ2v) is 27.7. The first-order valence-electron chi connectivity index (χ1n) is 37.2. The van der Waals surface area contributed by atoms with Gasteiger partial charge in [0.15, 0.2) is 12.2 Å². The number of carbonyl (C=O) groups is 4. The number of allylic oxidation sites excluding steroid dienone is 12. The quantitative estimate of drug-likeness (QED) is 0.0169. The largest absolute Gasteiger partial charge is 0.472 e. The van der Waals surface area contributed by atoms with Crippen molar-refractivity contribution in [1.29, 1.82) is 0 Å². The van der Waals surface area contributed by atoms with E-state index in [1.165, 1.54) is 96.3 Å². The zero-order valence-electron chi connectivity index (χ0n) is 59.4. The predicted molar refractivity (Wildman–Crippen MR) is 381 cm³/mol. The van der Waals surface area contributed by atoms with Crippen LogP contribution in [0.15, 0.2) is 72.9 Å². The molecule has 0 aromatic carbocycles. The van der Waals surface area contributed by atoms with E-state index in [-0.39, 0.29) is 25.7 Å². The molecule has 546 valence electrons. The van der Waals surface area contributed by atoms with Gasteiger partial charge in [0, 0.05) is 25.7 Å². The van der Waals surface area contributed by atoms with Crippen molar-refractivity contribution in [2.75, 3.05) is 39.6 Å². The number of phosphoric acid groups is 2. The normalized spacial score (nSPS) is 14.4. The predicted octanol–water partition coefficient (Wildman–Crippen LogP) is 20.9. The van der Waals surface area contributed by atoms with E-state index in [2.05, 4.69) is 101 Å². The van der Waals surface area contributed by atoms with Crippen molar-refractivity contribution in [2.24, 2.45) is 0 Å². The first kappa shape index (κ1) is 90.5. The molecule has 0 radical (unpaired) electrons. The maximum absolute atomic E-state index is 13.1. The number of unbranched alkanes of at least 4 members (excludes halogenated alkanes) is 32. The molecule has 19 heteroatoms. The maximum Gasteiger partial charge on any atom is 0.472 e. The van der Waals surface area contributed by atoms with Crippen LogP contribution in [0.3, 0.4) is 0 Å². The van der Waals surface area contributed by atoms with Crippen molar-refractivity contribution in [1.82, 2.24) is 0 Å². The highest BCUT2D eigenvalue weighted by Crippen LogP contribution is 2.45. The van der Waals surface area contributed by atoms with E-state index in [1.807, 2.05) is 0 Å². The zero-order valence-corrected chi connectivity index (χ0v) is 61.2. The topological polar surface area (TPSA) is 237 Å². The zero-order chi connectivity index (χ0) is 69.0. The van der Waals surface area contributed by atoms with Crippen molar-refractivity contribution < 1.29 is 80.2 Å². The smallest absolute Gasteiger partial charge is 0.462 e. The molecule has 0 aliphatic rings. The minimum Gasteiger partial charge on any atom is -0.462 e. The molecule has 0 rings (SSSR count). The van der Waals surface area contributed by atoms with Crippen LogP contribution in [0.1, 0.15) is 323 Å². The molecule has 0 saturated carbocycles. The van der Waals surface area contributed by atoms with Gasteiger partial charge in [0.2, 0.25) is 0 Å². The fourth-order valence-electron chi connectivity index (χ4n) is 10.1. The Bertz CT molecular complexity index is 2070. The summed E-state index contributed by atoms with van der Waals surface area (Å²) in [6, 6.07) is 0. The second kappa shape index (κ2) is 68.0. The van der Waals surface area contributed by atoms with Crippen molar-refractivity contribution in [2.45, 2.75) is 341 Å². The van der Waals surface area contributed by atoms with E-state index < -0.39 is 97.5 Å². The minimum atomic E-state index is -4.97. The third kappa shape index (κ3) is 67.1. The van der Waals surface area contributed by atoms with Crippen LogP contribution in [0.5, 0.6) is 0 Å². The molecule has 0 fully saturated rings. The van der Waals surface area contributed by atoms with Crippen LogP contribution in [0.4, 0.5) is 0 Å². The van der Waals surface area contributed by atoms with E-state index in [0.717, 1.165) is 148 Å². The van der Waals surface area contributed by atoms with Crippen LogP contribution >= 0.6 is 15.6 Å². The first-order chi connectivity index (χ1) is 45.7. The molecule has 94 heavy (non-hydrogen) atoms. The van der Waals surface area contributed by atoms with Gasteiger partial charge in [0.25, 0.3) is 0 Å². The summed E-state index contributed by atoms with van der Waals surface area (Å²) in [6.07, 6.45) is 66.1. The number of aliphatic hydroxyl groups is 1. The minimum absolute atomic E-state index is 0.0735. The van der Waals surface area contributed by atoms with Crippen LogP contribution in [0.25, 0.3) is 0 Å². The highest BCUT2D eigenvalue weighted by Gasteiger charge is 2.30. The molecule has 0 aromatic heterocycles. The molecule has 5 atom stereocenters. The highest BCUT2D eigenvalue weighted by atomic mass is 31.2. The van der Waals surface area contributed by atoms with Crippen LogP contribution in [-0.4, -0.2) is 96.7 Å². The van der Waals surface area contributed by atoms with Gasteiger partial charge in [-0.15, -0.1) is 0 Å². The molecule has 17 nitrogen and oxygen atoms in total. The lowest BCUT2D eigenvalue weighted by atomic mass is 10.0. The van der Waals surface area contributed by atoms with Gasteiger partial charge >= 0.3 is 39.5 Å². The van der Waals surface area contributed by atoms with Gasteiger partial charge in [-0.05, 0) is 89.9 Å². The van der Waals surface area contributed by atoms with Crippen molar-refractivity contribution in [3.63, 3.8) is 0 Å². The van der Waals surface area contributed by atoms with Gasteiger partial charge in [-0.25, -0.2) is 9.13 Å². The highest BCUT2D eigenvalue weighted by molar-refractivity contribution is 7.47. The number of aliphatic hydroxyl groups excluding tert-OH is 1. The number of esters is 4. The molecule has 3 N–H and O–H groups in total. The Balaban J connectivity index is 5.33. The van der Waals surface area contributed by atoms with Crippen molar-refractivity contribution >= 4 is 39.5 Å². The van der Waals surface area contributed by atoms with Crippen LogP contribution in [0.2, 0.25) is 0 Å². The standard InChI is InChI=1S/C75H134O17P2/c1-5-9-13-17-21-25-29-32-34-37-41-44-48-52-56-60-73(78)86-66-71(92-75(80)62-58-54-50-46-42-38-35-33-30-26-22-18-14-10-6-2)68-90-94(83,84)88-64-69(76)63-87-93(81,82)89-67-70(91-74(79)61-57-53-49-45-39-28-24-20-16-12-8-4)65-85-72(77)59-55-51-47-43-40-36-31-27-23-19-15-11-7-3/h9-10,13-14,21-22,25-26,32-35,69-71,76H,5-8,11-12,15-20,23-24,27-31,36-68H2,1-4H3,(H,81,82)(H,83,84)/b13-9-,14-10-,25-21-,26-22-,34-32-,35-33-. The number of hydrogen-bond acceptors (Lipinski definition) is 15. The fraction of sp³-hybridized carbons (Fsp3) is 0.787. The Morgan fingerprint density at radius 3 is 0.851 bits per heavy atom. The Hall–Kier alpha value is -3.50. The first-order valence-corrected chi connectivity index (χ1v) is 40.2. The maximum atomic E-state index is 13.1. The van der Waals surface area contributed by atoms with E-state index >= 15 is 0 Å². The summed E-state index contributed by atoms with van der Waals surface area (Å²) in [4.78, 5) is 72.7. The molecule has 5 unspecified atom stereocenters. The van der Waals surface area contributed by atoms with Gasteiger partial charge < -0.3 is 33.8 Å². The Labute approximate surface area is 571 Å². The summed E-state index contributed by atoms with van der Waals surface area (Å²) < 4.78 is 68.3. The van der Waals surface area contributed by atoms with Gasteiger partial charge in [-0.1, -0.05) is 280 Å². The van der Waals surface area contributed by atoms with Gasteiger partial charge in [-0.3, -0.25) is 37.3 Å². The average molecular weight is 1370 g/mol. The third-order valence-electron chi connectivity index (χ3n) is 15.7. The monoisotopic (exact) mass is 1370 g/mol. The summed E-state index contributed by atoms with van der Waals surface area (Å²) in [5.74, 6) is -2.19. The van der Waals surface area contributed by atoms with E-state index in [0.29, 0.717) is 25.7 Å². The Morgan fingerprint density at radius 1 is 0.309 bits per heavy atom. The lowest BCUT2D eigenvalue weighted by Crippen LogP contribution is -2.30. The van der Waals surface area contributed by atoms with Crippen LogP contribution in [-0.2, 0) is 65.4 Å². The lowest BCUT2D eigenvalue weighted by Gasteiger charge is -2.21. The van der Waals surface area contributed by atoms with E-state index in [4.69, 9.17) is 37.0 Å². The molecule has 0 heterocycles. The van der Waals surface area contributed by atoms with E-state index in [1.54, 1.807) is 0 Å². The SMILES string of the molecule is CC/C=C\C/C=C\C/C=C\CCCCCCCC(=O)OCC(COP(=O)(O)OCC(O)COP(=O)(O)OCC(COC(=O)CCCCCCCCCCCCCCC)OC(=O)CCCCCCCCCCCCC)OC(=O)CCCCCCC/C=C\C/C=C\C/C=C\CC. The van der Waals surface area contributed by atoms with E-state index in [9.17, 15) is 43.2 Å². The van der Waals surface area contributed by atoms with Crippen LogP contribution in [0, 0.1) is 0 Å². The number of carbonyl (C=O) groups excluding carboxylic acids is 4. The van der Waals surface area contributed by atoms with Gasteiger partial charge in [0.05, 0.1) is 26.4 Å². The molecular formula is C75H134O17P2. The number of ether oxygens (including phenoxy) is 4. The molecule has 0 aliphatic carbocycles. The molecule has 0 amide bonds. The molecule has 0 spiro atoms. The summed E-state index contributed by atoms with van der Waals surface area (Å²) in [5, 5.41) is 10.6.